The molecular formula is C36H35N3O6. The number of cyclic esters (lactones) is 1. The lowest BCUT2D eigenvalue weighted by Gasteiger charge is -2.25. The Morgan fingerprint density at radius 3 is 2.33 bits per heavy atom. The van der Waals surface area contributed by atoms with Gasteiger partial charge in [-0.25, -0.2) is 9.69 Å². The van der Waals surface area contributed by atoms with Crippen molar-refractivity contribution < 1.29 is 28.2 Å². The maximum atomic E-state index is 13.9. The summed E-state index contributed by atoms with van der Waals surface area (Å²) < 4.78 is 23.3. The SMILES string of the molecule is CN(CCOc1ccc(C[C@@H](OCc2ccccc2)C(=O)N2C(=O)OC[C@@H]2Cc2ccccc2)cc1)c1nc2ccccc2o1. The largest absolute Gasteiger partial charge is 0.492 e. The first kappa shape index (κ1) is 29.9. The van der Waals surface area contributed by atoms with Crippen molar-refractivity contribution in [3.8, 4) is 5.75 Å². The van der Waals surface area contributed by atoms with Gasteiger partial charge in [-0.3, -0.25) is 4.79 Å². The second-order valence-electron chi connectivity index (χ2n) is 11.0. The molecule has 4 aromatic carbocycles. The Kier molecular flexibility index (Phi) is 9.36. The predicted molar refractivity (Wildman–Crippen MR) is 170 cm³/mol. The van der Waals surface area contributed by atoms with Gasteiger partial charge in [0, 0.05) is 13.5 Å². The van der Waals surface area contributed by atoms with E-state index in [2.05, 4.69) is 4.98 Å². The zero-order valence-corrected chi connectivity index (χ0v) is 25.1. The van der Waals surface area contributed by atoms with Gasteiger partial charge in [-0.2, -0.15) is 4.98 Å². The summed E-state index contributed by atoms with van der Waals surface area (Å²) in [6, 6.07) is 34.8. The van der Waals surface area contributed by atoms with Crippen LogP contribution in [0.1, 0.15) is 16.7 Å². The molecule has 0 unspecified atom stereocenters. The fraction of sp³-hybridized carbons (Fsp3) is 0.250. The van der Waals surface area contributed by atoms with Crippen LogP contribution in [0.4, 0.5) is 10.8 Å². The molecule has 0 spiro atoms. The third kappa shape index (κ3) is 7.50. The van der Waals surface area contributed by atoms with Crippen LogP contribution < -0.4 is 9.64 Å². The van der Waals surface area contributed by atoms with Crippen LogP contribution in [-0.2, 0) is 33.7 Å². The zero-order chi connectivity index (χ0) is 31.0. The lowest BCUT2D eigenvalue weighted by Crippen LogP contribution is -2.47. The smallest absolute Gasteiger partial charge is 0.417 e. The summed E-state index contributed by atoms with van der Waals surface area (Å²) in [5.74, 6) is 0.292. The van der Waals surface area contributed by atoms with Crippen LogP contribution >= 0.6 is 0 Å². The summed E-state index contributed by atoms with van der Waals surface area (Å²) in [6.45, 7) is 1.39. The van der Waals surface area contributed by atoms with Crippen molar-refractivity contribution in [2.24, 2.45) is 0 Å². The van der Waals surface area contributed by atoms with Gasteiger partial charge in [-0.15, -0.1) is 0 Å². The van der Waals surface area contributed by atoms with E-state index in [0.717, 1.165) is 27.8 Å². The van der Waals surface area contributed by atoms with Crippen molar-refractivity contribution in [1.29, 1.82) is 0 Å². The van der Waals surface area contributed by atoms with Gasteiger partial charge in [0.05, 0.1) is 19.2 Å². The maximum Gasteiger partial charge on any atom is 0.417 e. The Balaban J connectivity index is 1.09. The van der Waals surface area contributed by atoms with Gasteiger partial charge in [-0.1, -0.05) is 84.9 Å². The molecule has 0 N–H and O–H groups in total. The molecule has 230 valence electrons. The number of ether oxygens (including phenoxy) is 3. The number of rotatable bonds is 13. The Hall–Kier alpha value is -5.15. The van der Waals surface area contributed by atoms with Gasteiger partial charge in [-0.05, 0) is 47.4 Å². The highest BCUT2D eigenvalue weighted by Crippen LogP contribution is 2.23. The van der Waals surface area contributed by atoms with Gasteiger partial charge >= 0.3 is 6.09 Å². The van der Waals surface area contributed by atoms with Crippen molar-refractivity contribution in [3.63, 3.8) is 0 Å². The van der Waals surface area contributed by atoms with Crippen molar-refractivity contribution in [2.45, 2.75) is 31.6 Å². The molecule has 1 fully saturated rings. The van der Waals surface area contributed by atoms with Crippen LogP contribution in [0.3, 0.4) is 0 Å². The number of carbonyl (C=O) groups excluding carboxylic acids is 2. The fourth-order valence-corrected chi connectivity index (χ4v) is 5.27. The minimum atomic E-state index is -0.883. The summed E-state index contributed by atoms with van der Waals surface area (Å²) in [4.78, 5) is 34.3. The first-order valence-corrected chi connectivity index (χ1v) is 15.0. The number of anilines is 1. The monoisotopic (exact) mass is 605 g/mol. The lowest BCUT2D eigenvalue weighted by atomic mass is 10.0. The Labute approximate surface area is 261 Å². The van der Waals surface area contributed by atoms with Gasteiger partial charge in [0.2, 0.25) is 0 Å². The summed E-state index contributed by atoms with van der Waals surface area (Å²) >= 11 is 0. The molecule has 9 nitrogen and oxygen atoms in total. The molecule has 1 saturated heterocycles. The molecule has 9 heteroatoms. The molecule has 5 aromatic rings. The molecule has 0 radical (unpaired) electrons. The van der Waals surface area contributed by atoms with Crippen LogP contribution in [0, 0.1) is 0 Å². The van der Waals surface area contributed by atoms with Crippen LogP contribution in [0.5, 0.6) is 5.75 Å². The van der Waals surface area contributed by atoms with E-state index in [-0.39, 0.29) is 19.6 Å². The number of amides is 2. The van der Waals surface area contributed by atoms with E-state index >= 15 is 0 Å². The number of hydrogen-bond acceptors (Lipinski definition) is 8. The number of hydrogen-bond donors (Lipinski definition) is 0. The molecule has 1 aromatic heterocycles. The third-order valence-electron chi connectivity index (χ3n) is 7.73. The number of oxazole rings is 1. The van der Waals surface area contributed by atoms with Crippen LogP contribution in [-0.4, -0.2) is 60.8 Å². The van der Waals surface area contributed by atoms with Crippen molar-refractivity contribution >= 4 is 29.1 Å². The number of para-hydroxylation sites is 2. The number of fused-ring (bicyclic) bond motifs is 1. The van der Waals surface area contributed by atoms with Crippen LogP contribution in [0.15, 0.2) is 114 Å². The Morgan fingerprint density at radius 1 is 0.911 bits per heavy atom. The third-order valence-corrected chi connectivity index (χ3v) is 7.73. The van der Waals surface area contributed by atoms with Gasteiger partial charge in [0.15, 0.2) is 5.58 Å². The molecule has 0 aliphatic carbocycles. The first-order chi connectivity index (χ1) is 22.0. The van der Waals surface area contributed by atoms with E-state index in [1.54, 1.807) is 0 Å². The number of carbonyl (C=O) groups is 2. The average molecular weight is 606 g/mol. The van der Waals surface area contributed by atoms with Gasteiger partial charge in [0.1, 0.15) is 30.6 Å². The van der Waals surface area contributed by atoms with E-state index in [0.29, 0.717) is 31.3 Å². The molecule has 0 saturated carbocycles. The molecule has 0 bridgehead atoms. The molecule has 6 rings (SSSR count). The maximum absolute atomic E-state index is 13.9. The summed E-state index contributed by atoms with van der Waals surface area (Å²) in [6.07, 6.45) is -0.724. The molecule has 45 heavy (non-hydrogen) atoms. The molecule has 2 atom stereocenters. The minimum Gasteiger partial charge on any atom is -0.492 e. The first-order valence-electron chi connectivity index (χ1n) is 15.0. The number of imide groups is 1. The number of benzene rings is 4. The fourth-order valence-electron chi connectivity index (χ4n) is 5.27. The summed E-state index contributed by atoms with van der Waals surface area (Å²) in [7, 11) is 1.91. The molecule has 1 aliphatic heterocycles. The number of aromatic nitrogens is 1. The highest BCUT2D eigenvalue weighted by Gasteiger charge is 2.41. The van der Waals surface area contributed by atoms with Crippen LogP contribution in [0.25, 0.3) is 11.1 Å². The quantitative estimate of drug-likeness (QED) is 0.160. The second kappa shape index (κ2) is 14.1. The van der Waals surface area contributed by atoms with Crippen molar-refractivity contribution in [2.75, 3.05) is 31.7 Å². The number of nitrogens with zero attached hydrogens (tertiary/aromatic N) is 3. The second-order valence-corrected chi connectivity index (χ2v) is 11.0. The van der Waals surface area contributed by atoms with E-state index in [1.807, 2.05) is 121 Å². The van der Waals surface area contributed by atoms with Gasteiger partial charge < -0.3 is 23.5 Å². The van der Waals surface area contributed by atoms with Gasteiger partial charge in [0.25, 0.3) is 11.9 Å². The predicted octanol–water partition coefficient (Wildman–Crippen LogP) is 6.06. The van der Waals surface area contributed by atoms with Crippen LogP contribution in [0.2, 0.25) is 0 Å². The standard InChI is InChI=1S/C36H35N3O6/c1-38(35-37-31-14-8-9-15-32(31)45-35)20-21-42-30-18-16-27(17-19-30)23-33(43-24-28-12-6-3-7-13-28)34(40)39-29(25-44-36(39)41)22-26-10-4-2-5-11-26/h2-19,29,33H,20-25H2,1H3/t29-,33+/m0/s1. The Bertz CT molecular complexity index is 1670. The topological polar surface area (TPSA) is 94.3 Å². The zero-order valence-electron chi connectivity index (χ0n) is 25.1. The minimum absolute atomic E-state index is 0.151. The van der Waals surface area contributed by atoms with E-state index in [9.17, 15) is 9.59 Å². The molecule has 2 amide bonds. The summed E-state index contributed by atoms with van der Waals surface area (Å²) in [5, 5.41) is 0. The van der Waals surface area contributed by atoms with E-state index in [1.165, 1.54) is 4.90 Å². The molecule has 2 heterocycles. The van der Waals surface area contributed by atoms with Crippen molar-refractivity contribution in [1.82, 2.24) is 9.88 Å². The van der Waals surface area contributed by atoms with Crippen molar-refractivity contribution in [3.05, 3.63) is 126 Å². The number of likely N-dealkylation sites (N-methyl/N-ethyl adjacent to an activating group) is 1. The molecular weight excluding hydrogens is 570 g/mol. The highest BCUT2D eigenvalue weighted by atomic mass is 16.6. The summed E-state index contributed by atoms with van der Waals surface area (Å²) in [5.41, 5.74) is 4.40. The average Bonchev–Trinajstić information content (AvgIpc) is 3.67. The lowest BCUT2D eigenvalue weighted by molar-refractivity contribution is -0.142. The Morgan fingerprint density at radius 2 is 1.60 bits per heavy atom. The van der Waals surface area contributed by atoms with E-state index in [4.69, 9.17) is 18.6 Å². The van der Waals surface area contributed by atoms with E-state index < -0.39 is 24.1 Å². The highest BCUT2D eigenvalue weighted by molar-refractivity contribution is 5.96. The normalized spacial score (nSPS) is 15.2. The molecule has 1 aliphatic rings.